The molecule has 1 N–H and O–H groups in total. The molecular formula is C9H18O. The molecule has 1 atom stereocenters. The van der Waals surface area contributed by atoms with Gasteiger partial charge in [-0.05, 0) is 19.3 Å². The summed E-state index contributed by atoms with van der Waals surface area (Å²) in [4.78, 5) is 0. The van der Waals surface area contributed by atoms with Crippen molar-refractivity contribution in [1.29, 1.82) is 0 Å². The van der Waals surface area contributed by atoms with Crippen molar-refractivity contribution >= 4 is 0 Å². The van der Waals surface area contributed by atoms with E-state index in [1.807, 2.05) is 13.0 Å². The van der Waals surface area contributed by atoms with Crippen LogP contribution in [0.2, 0.25) is 0 Å². The molecule has 0 heterocycles. The summed E-state index contributed by atoms with van der Waals surface area (Å²) in [7, 11) is 0. The zero-order valence-corrected chi connectivity index (χ0v) is 7.01. The number of aliphatic hydroxyl groups is 1. The number of rotatable bonds is 5. The molecule has 1 nitrogen and oxygen atoms in total. The SMILES string of the molecule is CC=CC(CO)CCCC. The maximum atomic E-state index is 8.83. The summed E-state index contributed by atoms with van der Waals surface area (Å²) in [6.45, 7) is 4.46. The van der Waals surface area contributed by atoms with Crippen LogP contribution in [0.1, 0.15) is 33.1 Å². The molecule has 0 aliphatic heterocycles. The first-order chi connectivity index (χ1) is 4.85. The summed E-state index contributed by atoms with van der Waals surface area (Å²) in [5.41, 5.74) is 0. The van der Waals surface area contributed by atoms with Crippen LogP contribution in [0.4, 0.5) is 0 Å². The largest absolute Gasteiger partial charge is 0.396 e. The molecule has 0 radical (unpaired) electrons. The third-order valence-electron chi connectivity index (χ3n) is 1.63. The summed E-state index contributed by atoms with van der Waals surface area (Å²) in [6.07, 6.45) is 7.65. The van der Waals surface area contributed by atoms with Crippen molar-refractivity contribution in [1.82, 2.24) is 0 Å². The Morgan fingerprint density at radius 3 is 2.60 bits per heavy atom. The van der Waals surface area contributed by atoms with Crippen LogP contribution in [0.15, 0.2) is 12.2 Å². The lowest BCUT2D eigenvalue weighted by Crippen LogP contribution is -2.01. The minimum Gasteiger partial charge on any atom is -0.396 e. The van der Waals surface area contributed by atoms with Crippen molar-refractivity contribution in [2.24, 2.45) is 5.92 Å². The van der Waals surface area contributed by atoms with Crippen LogP contribution >= 0.6 is 0 Å². The molecule has 0 bridgehead atoms. The highest BCUT2D eigenvalue weighted by Crippen LogP contribution is 2.08. The van der Waals surface area contributed by atoms with E-state index in [1.54, 1.807) is 0 Å². The van der Waals surface area contributed by atoms with Gasteiger partial charge < -0.3 is 5.11 Å². The zero-order chi connectivity index (χ0) is 7.82. The van der Waals surface area contributed by atoms with Gasteiger partial charge in [-0.1, -0.05) is 31.9 Å². The first kappa shape index (κ1) is 9.70. The van der Waals surface area contributed by atoms with Gasteiger partial charge in [-0.2, -0.15) is 0 Å². The van der Waals surface area contributed by atoms with Crippen molar-refractivity contribution in [2.75, 3.05) is 6.61 Å². The van der Waals surface area contributed by atoms with Gasteiger partial charge in [-0.15, -0.1) is 0 Å². The summed E-state index contributed by atoms with van der Waals surface area (Å²) < 4.78 is 0. The topological polar surface area (TPSA) is 20.2 Å². The monoisotopic (exact) mass is 142 g/mol. The average molecular weight is 142 g/mol. The van der Waals surface area contributed by atoms with Gasteiger partial charge in [-0.3, -0.25) is 0 Å². The van der Waals surface area contributed by atoms with E-state index in [-0.39, 0.29) is 0 Å². The molecule has 1 unspecified atom stereocenters. The summed E-state index contributed by atoms with van der Waals surface area (Å²) in [5, 5.41) is 8.83. The standard InChI is InChI=1S/C9H18O/c1-3-5-7-9(8-10)6-4-2/h4,6,9-10H,3,5,7-8H2,1-2H3. The Kier molecular flexibility index (Phi) is 6.61. The predicted molar refractivity (Wildman–Crippen MR) is 44.9 cm³/mol. The van der Waals surface area contributed by atoms with Crippen LogP contribution in [0.5, 0.6) is 0 Å². The maximum Gasteiger partial charge on any atom is 0.0493 e. The molecule has 0 aliphatic rings. The molecule has 0 aromatic heterocycles. The van der Waals surface area contributed by atoms with E-state index in [2.05, 4.69) is 13.0 Å². The number of hydrogen-bond donors (Lipinski definition) is 1. The van der Waals surface area contributed by atoms with E-state index in [4.69, 9.17) is 5.11 Å². The highest BCUT2D eigenvalue weighted by Gasteiger charge is 1.99. The molecule has 0 saturated heterocycles. The van der Waals surface area contributed by atoms with Crippen LogP contribution in [-0.4, -0.2) is 11.7 Å². The minimum atomic E-state index is 0.296. The smallest absolute Gasteiger partial charge is 0.0493 e. The molecule has 0 aromatic carbocycles. The first-order valence-corrected chi connectivity index (χ1v) is 4.08. The van der Waals surface area contributed by atoms with E-state index in [1.165, 1.54) is 12.8 Å². The van der Waals surface area contributed by atoms with Crippen LogP contribution in [0.25, 0.3) is 0 Å². The Labute approximate surface area is 63.8 Å². The molecule has 0 amide bonds. The van der Waals surface area contributed by atoms with Crippen LogP contribution in [-0.2, 0) is 0 Å². The predicted octanol–water partition coefficient (Wildman–Crippen LogP) is 2.36. The highest BCUT2D eigenvalue weighted by molar-refractivity contribution is 4.84. The second-order valence-electron chi connectivity index (χ2n) is 2.61. The average Bonchev–Trinajstić information content (AvgIpc) is 1.98. The molecule has 0 fully saturated rings. The lowest BCUT2D eigenvalue weighted by atomic mass is 10.0. The molecular weight excluding hydrogens is 124 g/mol. The van der Waals surface area contributed by atoms with E-state index < -0.39 is 0 Å². The summed E-state index contributed by atoms with van der Waals surface area (Å²) in [6, 6.07) is 0. The molecule has 0 rings (SSSR count). The van der Waals surface area contributed by atoms with Gasteiger partial charge in [0.05, 0.1) is 0 Å². The Balaban J connectivity index is 3.39. The molecule has 0 aliphatic carbocycles. The molecule has 1 heteroatoms. The van der Waals surface area contributed by atoms with E-state index in [0.29, 0.717) is 12.5 Å². The van der Waals surface area contributed by atoms with E-state index in [9.17, 15) is 0 Å². The van der Waals surface area contributed by atoms with Crippen molar-refractivity contribution < 1.29 is 5.11 Å². The lowest BCUT2D eigenvalue weighted by Gasteiger charge is -2.06. The number of aliphatic hydroxyl groups excluding tert-OH is 1. The van der Waals surface area contributed by atoms with Crippen LogP contribution < -0.4 is 0 Å². The van der Waals surface area contributed by atoms with Gasteiger partial charge in [0, 0.05) is 6.61 Å². The fourth-order valence-corrected chi connectivity index (χ4v) is 0.987. The van der Waals surface area contributed by atoms with Gasteiger partial charge in [0.15, 0.2) is 0 Å². The van der Waals surface area contributed by atoms with Crippen LogP contribution in [0, 0.1) is 5.92 Å². The normalized spacial score (nSPS) is 14.3. The van der Waals surface area contributed by atoms with Crippen molar-refractivity contribution in [3.05, 3.63) is 12.2 Å². The lowest BCUT2D eigenvalue weighted by molar-refractivity contribution is 0.244. The van der Waals surface area contributed by atoms with E-state index >= 15 is 0 Å². The highest BCUT2D eigenvalue weighted by atomic mass is 16.3. The van der Waals surface area contributed by atoms with Gasteiger partial charge >= 0.3 is 0 Å². The summed E-state index contributed by atoms with van der Waals surface area (Å²) in [5.74, 6) is 0.393. The third kappa shape index (κ3) is 4.57. The second kappa shape index (κ2) is 6.81. The zero-order valence-electron chi connectivity index (χ0n) is 7.01. The summed E-state index contributed by atoms with van der Waals surface area (Å²) >= 11 is 0. The fourth-order valence-electron chi connectivity index (χ4n) is 0.987. The van der Waals surface area contributed by atoms with Crippen molar-refractivity contribution in [3.8, 4) is 0 Å². The number of unbranched alkanes of at least 4 members (excludes halogenated alkanes) is 1. The molecule has 0 aromatic rings. The van der Waals surface area contributed by atoms with Crippen molar-refractivity contribution in [3.63, 3.8) is 0 Å². The Hall–Kier alpha value is -0.300. The van der Waals surface area contributed by atoms with E-state index in [0.717, 1.165) is 6.42 Å². The second-order valence-corrected chi connectivity index (χ2v) is 2.61. The first-order valence-electron chi connectivity index (χ1n) is 4.08. The van der Waals surface area contributed by atoms with Gasteiger partial charge in [0.25, 0.3) is 0 Å². The fraction of sp³-hybridized carbons (Fsp3) is 0.778. The number of hydrogen-bond acceptors (Lipinski definition) is 1. The van der Waals surface area contributed by atoms with Crippen LogP contribution in [0.3, 0.4) is 0 Å². The maximum absolute atomic E-state index is 8.83. The van der Waals surface area contributed by atoms with Gasteiger partial charge in [0.1, 0.15) is 0 Å². The Morgan fingerprint density at radius 2 is 2.20 bits per heavy atom. The molecule has 0 spiro atoms. The van der Waals surface area contributed by atoms with Crippen molar-refractivity contribution in [2.45, 2.75) is 33.1 Å². The molecule has 10 heavy (non-hydrogen) atoms. The quantitative estimate of drug-likeness (QED) is 0.584. The minimum absolute atomic E-state index is 0.296. The Morgan fingerprint density at radius 1 is 1.50 bits per heavy atom. The van der Waals surface area contributed by atoms with Gasteiger partial charge in [-0.25, -0.2) is 0 Å². The molecule has 0 saturated carbocycles. The molecule has 60 valence electrons. The van der Waals surface area contributed by atoms with Gasteiger partial charge in [0.2, 0.25) is 0 Å². The number of allylic oxidation sites excluding steroid dienone is 1. The Bertz CT molecular complexity index is 86.7. The third-order valence-corrected chi connectivity index (χ3v) is 1.63.